The Hall–Kier alpha value is -1.58. The highest BCUT2D eigenvalue weighted by Gasteiger charge is 2.42. The molecule has 1 atom stereocenters. The molecule has 1 heterocycles. The van der Waals surface area contributed by atoms with E-state index in [-0.39, 0.29) is 23.1 Å². The Morgan fingerprint density at radius 1 is 1.32 bits per heavy atom. The number of hydrogen-bond acceptors (Lipinski definition) is 2. The van der Waals surface area contributed by atoms with E-state index < -0.39 is 0 Å². The molecule has 0 aliphatic heterocycles. The van der Waals surface area contributed by atoms with Crippen molar-refractivity contribution in [2.75, 3.05) is 0 Å². The van der Waals surface area contributed by atoms with Gasteiger partial charge in [-0.25, -0.2) is 0 Å². The molecule has 0 radical (unpaired) electrons. The van der Waals surface area contributed by atoms with E-state index in [1.54, 1.807) is 12.1 Å². The maximum absolute atomic E-state index is 12.6. The van der Waals surface area contributed by atoms with Crippen molar-refractivity contribution in [3.05, 3.63) is 33.7 Å². The number of amides is 1. The summed E-state index contributed by atoms with van der Waals surface area (Å²) >= 11 is 0. The number of aromatic amines is 1. The first-order valence-electron chi connectivity index (χ1n) is 7.10. The summed E-state index contributed by atoms with van der Waals surface area (Å²) in [4.78, 5) is 29.2. The predicted molar refractivity (Wildman–Crippen MR) is 73.2 cm³/mol. The van der Waals surface area contributed by atoms with Crippen LogP contribution in [0.1, 0.15) is 48.7 Å². The number of hydrogen-bond donors (Lipinski definition) is 1. The van der Waals surface area contributed by atoms with Crippen molar-refractivity contribution in [3.63, 3.8) is 0 Å². The van der Waals surface area contributed by atoms with Crippen LogP contribution < -0.4 is 5.56 Å². The highest BCUT2D eigenvalue weighted by atomic mass is 16.2. The summed E-state index contributed by atoms with van der Waals surface area (Å²) in [7, 11) is 0. The number of H-pyrrole nitrogens is 1. The second kappa shape index (κ2) is 4.51. The summed E-state index contributed by atoms with van der Waals surface area (Å²) in [5.74, 6) is 0.539. The van der Waals surface area contributed by atoms with Gasteiger partial charge < -0.3 is 9.88 Å². The molecule has 2 aliphatic rings. The molecule has 2 fully saturated rings. The van der Waals surface area contributed by atoms with E-state index in [0.717, 1.165) is 18.5 Å². The molecule has 19 heavy (non-hydrogen) atoms. The molecular formula is C15H20N2O2. The quantitative estimate of drug-likeness (QED) is 0.901. The molecule has 1 unspecified atom stereocenters. The van der Waals surface area contributed by atoms with Gasteiger partial charge in [0.05, 0.1) is 0 Å². The molecule has 0 aromatic carbocycles. The smallest absolute Gasteiger partial charge is 0.260 e. The number of carbonyl (C=O) groups is 1. The van der Waals surface area contributed by atoms with Crippen LogP contribution in [-0.2, 0) is 0 Å². The van der Waals surface area contributed by atoms with Crippen LogP contribution in [0.5, 0.6) is 0 Å². The van der Waals surface area contributed by atoms with Crippen LogP contribution >= 0.6 is 0 Å². The fourth-order valence-corrected chi connectivity index (χ4v) is 2.72. The van der Waals surface area contributed by atoms with Crippen molar-refractivity contribution in [1.29, 1.82) is 0 Å². The Morgan fingerprint density at radius 3 is 2.53 bits per heavy atom. The van der Waals surface area contributed by atoms with Crippen LogP contribution in [0.15, 0.2) is 16.9 Å². The van der Waals surface area contributed by atoms with Crippen LogP contribution in [0.2, 0.25) is 0 Å². The molecule has 0 spiro atoms. The minimum atomic E-state index is -0.265. The Bertz CT molecular complexity index is 556. The van der Waals surface area contributed by atoms with Crippen molar-refractivity contribution < 1.29 is 4.79 Å². The van der Waals surface area contributed by atoms with E-state index in [2.05, 4.69) is 11.9 Å². The maximum atomic E-state index is 12.6. The molecule has 0 bridgehead atoms. The highest BCUT2D eigenvalue weighted by Crippen LogP contribution is 2.40. The van der Waals surface area contributed by atoms with Gasteiger partial charge in [0.1, 0.15) is 5.56 Å². The van der Waals surface area contributed by atoms with Crippen molar-refractivity contribution >= 4 is 5.91 Å². The average Bonchev–Trinajstić information content (AvgIpc) is 3.22. The average molecular weight is 260 g/mol. The minimum Gasteiger partial charge on any atom is -0.333 e. The number of aryl methyl sites for hydroxylation is 1. The summed E-state index contributed by atoms with van der Waals surface area (Å²) in [6, 6.07) is 4.07. The van der Waals surface area contributed by atoms with Gasteiger partial charge in [-0.15, -0.1) is 0 Å². The van der Waals surface area contributed by atoms with Crippen LogP contribution in [-0.4, -0.2) is 27.9 Å². The van der Waals surface area contributed by atoms with E-state index in [0.29, 0.717) is 12.0 Å². The van der Waals surface area contributed by atoms with Gasteiger partial charge >= 0.3 is 0 Å². The number of nitrogens with zero attached hydrogens (tertiary/aromatic N) is 1. The molecule has 3 rings (SSSR count). The van der Waals surface area contributed by atoms with E-state index in [1.165, 1.54) is 12.8 Å². The number of pyridine rings is 1. The lowest BCUT2D eigenvalue weighted by molar-refractivity contribution is 0.0652. The standard InChI is InChI=1S/C15H20N2O2/c1-9-3-8-13(14(18)16-9)15(19)17(12-6-7-12)10(2)11-4-5-11/h3,8,10-12H,4-7H2,1-2H3,(H,16,18). The first-order valence-corrected chi connectivity index (χ1v) is 7.10. The Labute approximate surface area is 112 Å². The van der Waals surface area contributed by atoms with Crippen molar-refractivity contribution in [2.24, 2.45) is 5.92 Å². The third-order valence-electron chi connectivity index (χ3n) is 4.20. The second-order valence-electron chi connectivity index (χ2n) is 5.91. The third kappa shape index (κ3) is 2.44. The lowest BCUT2D eigenvalue weighted by Gasteiger charge is -2.29. The predicted octanol–water partition coefficient (Wildman–Crippen LogP) is 2.09. The molecular weight excluding hydrogens is 240 g/mol. The van der Waals surface area contributed by atoms with Crippen LogP contribution in [0.25, 0.3) is 0 Å². The molecule has 2 saturated carbocycles. The van der Waals surface area contributed by atoms with Gasteiger partial charge in [-0.3, -0.25) is 9.59 Å². The fourth-order valence-electron chi connectivity index (χ4n) is 2.72. The molecule has 2 aliphatic carbocycles. The summed E-state index contributed by atoms with van der Waals surface area (Å²) in [6.07, 6.45) is 4.57. The van der Waals surface area contributed by atoms with Gasteiger partial charge in [0.15, 0.2) is 0 Å². The number of rotatable bonds is 4. The lowest BCUT2D eigenvalue weighted by Crippen LogP contribution is -2.43. The normalized spacial score (nSPS) is 20.1. The zero-order valence-corrected chi connectivity index (χ0v) is 11.5. The number of nitrogens with one attached hydrogen (secondary N) is 1. The number of carbonyl (C=O) groups excluding carboxylic acids is 1. The zero-order chi connectivity index (χ0) is 13.6. The Morgan fingerprint density at radius 2 is 2.00 bits per heavy atom. The van der Waals surface area contributed by atoms with Gasteiger partial charge in [0.25, 0.3) is 11.5 Å². The maximum Gasteiger partial charge on any atom is 0.260 e. The van der Waals surface area contributed by atoms with Gasteiger partial charge in [-0.1, -0.05) is 0 Å². The van der Waals surface area contributed by atoms with Crippen molar-refractivity contribution in [1.82, 2.24) is 9.88 Å². The van der Waals surface area contributed by atoms with Gasteiger partial charge in [-0.05, 0) is 57.6 Å². The minimum absolute atomic E-state index is 0.0943. The summed E-state index contributed by atoms with van der Waals surface area (Å²) in [5.41, 5.74) is 0.804. The van der Waals surface area contributed by atoms with Crippen LogP contribution in [0.3, 0.4) is 0 Å². The van der Waals surface area contributed by atoms with Crippen molar-refractivity contribution in [3.8, 4) is 0 Å². The van der Waals surface area contributed by atoms with Gasteiger partial charge in [-0.2, -0.15) is 0 Å². The molecule has 1 aromatic heterocycles. The Balaban J connectivity index is 1.89. The monoisotopic (exact) mass is 260 g/mol. The summed E-state index contributed by atoms with van der Waals surface area (Å²) in [5, 5.41) is 0. The highest BCUT2D eigenvalue weighted by molar-refractivity contribution is 5.94. The van der Waals surface area contributed by atoms with Gasteiger partial charge in [0, 0.05) is 17.8 Å². The third-order valence-corrected chi connectivity index (χ3v) is 4.20. The van der Waals surface area contributed by atoms with Crippen LogP contribution in [0.4, 0.5) is 0 Å². The second-order valence-corrected chi connectivity index (χ2v) is 5.91. The first kappa shape index (κ1) is 12.5. The Kier molecular flexibility index (Phi) is 2.96. The SMILES string of the molecule is Cc1ccc(C(=O)N(C2CC2)C(C)C2CC2)c(=O)[nH]1. The molecule has 1 amide bonds. The molecule has 4 heteroatoms. The van der Waals surface area contributed by atoms with Crippen molar-refractivity contribution in [2.45, 2.75) is 51.6 Å². The van der Waals surface area contributed by atoms with Gasteiger partial charge in [0.2, 0.25) is 0 Å². The van der Waals surface area contributed by atoms with Crippen LogP contribution in [0, 0.1) is 12.8 Å². The largest absolute Gasteiger partial charge is 0.333 e. The zero-order valence-electron chi connectivity index (χ0n) is 11.5. The fraction of sp³-hybridized carbons (Fsp3) is 0.600. The van der Waals surface area contributed by atoms with E-state index in [9.17, 15) is 9.59 Å². The first-order chi connectivity index (χ1) is 9.08. The van der Waals surface area contributed by atoms with E-state index in [1.807, 2.05) is 11.8 Å². The lowest BCUT2D eigenvalue weighted by atomic mass is 10.1. The molecule has 4 nitrogen and oxygen atoms in total. The van der Waals surface area contributed by atoms with E-state index >= 15 is 0 Å². The van der Waals surface area contributed by atoms with E-state index in [4.69, 9.17) is 0 Å². The summed E-state index contributed by atoms with van der Waals surface area (Å²) in [6.45, 7) is 3.94. The topological polar surface area (TPSA) is 53.2 Å². The molecule has 102 valence electrons. The number of aromatic nitrogens is 1. The molecule has 0 saturated heterocycles. The molecule has 1 N–H and O–H groups in total. The summed E-state index contributed by atoms with van der Waals surface area (Å²) < 4.78 is 0. The molecule has 1 aromatic rings.